The average molecular weight is 305 g/mol. The van der Waals surface area contributed by atoms with Crippen LogP contribution in [-0.4, -0.2) is 60.2 Å². The number of hydrogen-bond donors (Lipinski definition) is 5. The quantitative estimate of drug-likeness (QED) is 0.167. The summed E-state index contributed by atoms with van der Waals surface area (Å²) in [6.07, 6.45) is 0. The van der Waals surface area contributed by atoms with Crippen LogP contribution in [0.25, 0.3) is 0 Å². The molecule has 7 nitrogen and oxygen atoms in total. The molecule has 13 heavy (non-hydrogen) atoms. The molecule has 3 N–H and O–H groups in total. The van der Waals surface area contributed by atoms with Crippen molar-refractivity contribution in [2.75, 3.05) is 0 Å². The molecule has 0 aromatic rings. The van der Waals surface area contributed by atoms with Crippen LogP contribution in [0.2, 0.25) is 0 Å². The fraction of sp³-hybridized carbons (Fsp3) is 0. The Kier molecular flexibility index (Phi) is 22.0. The summed E-state index contributed by atoms with van der Waals surface area (Å²) in [5.74, 6) is 0. The molecule has 0 atom stereocenters. The van der Waals surface area contributed by atoms with Gasteiger partial charge < -0.3 is 0 Å². The van der Waals surface area contributed by atoms with Crippen molar-refractivity contribution in [3.05, 3.63) is 0 Å². The van der Waals surface area contributed by atoms with E-state index in [-0.39, 0.29) is 29.6 Å². The molecule has 80 valence electrons. The molecule has 0 spiro atoms. The first-order chi connectivity index (χ1) is 5.00. The third-order valence-electron chi connectivity index (χ3n) is 0. The van der Waals surface area contributed by atoms with Gasteiger partial charge in [0.15, 0.2) is 0 Å². The van der Waals surface area contributed by atoms with Gasteiger partial charge in [-0.05, 0) is 23.3 Å². The van der Waals surface area contributed by atoms with Crippen LogP contribution in [0.4, 0.5) is 0 Å². The Bertz CT molecular complexity index is 217. The zero-order valence-electron chi connectivity index (χ0n) is 5.06. The molecule has 0 fully saturated rings. The molecule has 0 radical (unpaired) electrons. The first-order valence-electron chi connectivity index (χ1n) is 1.57. The van der Waals surface area contributed by atoms with Crippen molar-refractivity contribution in [2.45, 2.75) is 0 Å². The Hall–Kier alpha value is 1.77. The minimum atomic E-state index is -3.97. The maximum atomic E-state index is 9.05. The monoisotopic (exact) mass is 304 g/mol. The molecule has 13 heteroatoms. The Morgan fingerprint density at radius 1 is 0.846 bits per heavy atom. The standard InChI is InChI=1S/ClHO.Na.2H2O3S2.H/c1-2;;2*1-5(2,3)4;/h2H;;2*(H2,1,2,3,4);. The topological polar surface area (TPSA) is 129 Å². The van der Waals surface area contributed by atoms with Crippen LogP contribution >= 0.6 is 35.2 Å². The third-order valence-corrected chi connectivity index (χ3v) is 0. The SMILES string of the molecule is O=S(=O)(O)S.O=S(=O)(O)S.OCl.[NaH]. The molecule has 0 aliphatic rings. The van der Waals surface area contributed by atoms with E-state index in [1.165, 1.54) is 0 Å². The number of thiol groups is 2. The van der Waals surface area contributed by atoms with Gasteiger partial charge in [-0.2, -0.15) is 16.8 Å². The van der Waals surface area contributed by atoms with Gasteiger partial charge in [0.05, 0.1) is 11.9 Å². The second kappa shape index (κ2) is 11.8. The van der Waals surface area contributed by atoms with Crippen LogP contribution in [-0.2, 0) is 18.3 Å². The van der Waals surface area contributed by atoms with Crippen LogP contribution in [0.1, 0.15) is 0 Å². The van der Waals surface area contributed by atoms with Crippen LogP contribution in [0, 0.1) is 0 Å². The Morgan fingerprint density at radius 3 is 0.846 bits per heavy atom. The molecule has 0 rings (SSSR count). The fourth-order valence-electron chi connectivity index (χ4n) is 0. The van der Waals surface area contributed by atoms with Crippen LogP contribution in [0.5, 0.6) is 0 Å². The second-order valence-electron chi connectivity index (χ2n) is 0.896. The van der Waals surface area contributed by atoms with Gasteiger partial charge in [-0.3, -0.25) is 13.8 Å². The first kappa shape index (κ1) is 24.1. The van der Waals surface area contributed by atoms with Crippen LogP contribution in [0.15, 0.2) is 0 Å². The molecular formula is H6ClNaO7S4. The first-order valence-corrected chi connectivity index (χ1v) is 6.89. The number of halogens is 1. The molecule has 0 aliphatic carbocycles. The van der Waals surface area contributed by atoms with Gasteiger partial charge in [-0.25, -0.2) is 0 Å². The van der Waals surface area contributed by atoms with Crippen molar-refractivity contribution < 1.29 is 30.6 Å². The van der Waals surface area contributed by atoms with Gasteiger partial charge in [-0.15, -0.1) is 0 Å². The van der Waals surface area contributed by atoms with Crippen LogP contribution in [0.3, 0.4) is 0 Å². The van der Waals surface area contributed by atoms with Crippen molar-refractivity contribution in [3.8, 4) is 0 Å². The second-order valence-corrected chi connectivity index (χ2v) is 5.46. The van der Waals surface area contributed by atoms with E-state index < -0.39 is 18.3 Å². The zero-order valence-corrected chi connectivity index (χ0v) is 9.24. The summed E-state index contributed by atoms with van der Waals surface area (Å²) in [5.41, 5.74) is 0. The predicted molar refractivity (Wildman–Crippen MR) is 56.3 cm³/mol. The van der Waals surface area contributed by atoms with Gasteiger partial charge in [0, 0.05) is 0 Å². The van der Waals surface area contributed by atoms with E-state index in [0.29, 0.717) is 0 Å². The maximum absolute atomic E-state index is 9.05. The van der Waals surface area contributed by atoms with Crippen molar-refractivity contribution in [1.82, 2.24) is 0 Å². The van der Waals surface area contributed by atoms with E-state index in [2.05, 4.69) is 35.2 Å². The van der Waals surface area contributed by atoms with Gasteiger partial charge in [0.2, 0.25) is 0 Å². The van der Waals surface area contributed by atoms with Crippen LogP contribution < -0.4 is 0 Å². The molecule has 0 saturated carbocycles. The van der Waals surface area contributed by atoms with Crippen molar-refractivity contribution in [1.29, 1.82) is 0 Å². The molecule has 0 heterocycles. The van der Waals surface area contributed by atoms with Gasteiger partial charge >= 0.3 is 47.9 Å². The minimum absolute atomic E-state index is 0. The molecule has 0 amide bonds. The summed E-state index contributed by atoms with van der Waals surface area (Å²) in [4.78, 5) is 0. The molecule has 0 bridgehead atoms. The number of hydrogen-bond acceptors (Lipinski definition) is 5. The van der Waals surface area contributed by atoms with Gasteiger partial charge in [-0.1, -0.05) is 0 Å². The van der Waals surface area contributed by atoms with E-state index in [9.17, 15) is 0 Å². The van der Waals surface area contributed by atoms with E-state index in [1.54, 1.807) is 0 Å². The number of rotatable bonds is 0. The van der Waals surface area contributed by atoms with Gasteiger partial charge in [0.1, 0.15) is 0 Å². The van der Waals surface area contributed by atoms with E-state index >= 15 is 0 Å². The van der Waals surface area contributed by atoms with Crippen molar-refractivity contribution >= 4 is 83.0 Å². The van der Waals surface area contributed by atoms with Crippen molar-refractivity contribution in [2.24, 2.45) is 0 Å². The Balaban J connectivity index is -0.0000000491. The zero-order chi connectivity index (χ0) is 11.0. The third kappa shape index (κ3) is 609. The molecule has 0 saturated heterocycles. The molecule has 0 aliphatic heterocycles. The molecule has 0 aromatic carbocycles. The summed E-state index contributed by atoms with van der Waals surface area (Å²) in [5, 5.41) is 0. The Labute approximate surface area is 112 Å². The summed E-state index contributed by atoms with van der Waals surface area (Å²) in [7, 11) is -7.94. The van der Waals surface area contributed by atoms with E-state index in [4.69, 9.17) is 30.6 Å². The summed E-state index contributed by atoms with van der Waals surface area (Å²) in [6, 6.07) is 0. The normalized spacial score (nSPS) is 9.38. The molecule has 0 aromatic heterocycles. The van der Waals surface area contributed by atoms with E-state index in [1.807, 2.05) is 0 Å². The average Bonchev–Trinajstić information content (AvgIpc) is 1.59. The summed E-state index contributed by atoms with van der Waals surface area (Å²) >= 11 is 8.94. The van der Waals surface area contributed by atoms with E-state index in [0.717, 1.165) is 0 Å². The van der Waals surface area contributed by atoms with Gasteiger partial charge in [0.25, 0.3) is 0 Å². The summed E-state index contributed by atoms with van der Waals surface area (Å²) in [6.45, 7) is 0. The van der Waals surface area contributed by atoms with Crippen molar-refractivity contribution in [3.63, 3.8) is 0 Å². The molecule has 0 unspecified atom stereocenters. The Morgan fingerprint density at radius 2 is 0.846 bits per heavy atom. The molecular weight excluding hydrogens is 299 g/mol. The summed E-state index contributed by atoms with van der Waals surface area (Å²) < 4.78 is 57.4. The predicted octanol–water partition coefficient (Wildman–Crippen LogP) is -1.08. The fourth-order valence-corrected chi connectivity index (χ4v) is 0.